The van der Waals surface area contributed by atoms with E-state index in [-0.39, 0.29) is 6.04 Å². The van der Waals surface area contributed by atoms with E-state index in [1.54, 1.807) is 18.6 Å². The minimum absolute atomic E-state index is 0.170. The van der Waals surface area contributed by atoms with Gasteiger partial charge in [0.2, 0.25) is 0 Å². The van der Waals surface area contributed by atoms with Crippen LogP contribution in [0.5, 0.6) is 0 Å². The van der Waals surface area contributed by atoms with Crippen LogP contribution >= 0.6 is 15.9 Å². The molecule has 102 valence electrons. The highest BCUT2D eigenvalue weighted by Gasteiger charge is 2.18. The van der Waals surface area contributed by atoms with Gasteiger partial charge in [-0.05, 0) is 29.3 Å². The molecule has 0 fully saturated rings. The molecule has 0 saturated carbocycles. The van der Waals surface area contributed by atoms with Crippen molar-refractivity contribution >= 4 is 15.9 Å². The highest BCUT2D eigenvalue weighted by Crippen LogP contribution is 2.25. The van der Waals surface area contributed by atoms with Gasteiger partial charge in [0.05, 0.1) is 27.6 Å². The van der Waals surface area contributed by atoms with Crippen molar-refractivity contribution in [1.82, 2.24) is 19.7 Å². The number of nitrogens with two attached hydrogens (primary N) is 1. The van der Waals surface area contributed by atoms with Gasteiger partial charge in [-0.2, -0.15) is 5.10 Å². The van der Waals surface area contributed by atoms with E-state index >= 15 is 0 Å². The van der Waals surface area contributed by atoms with Crippen LogP contribution in [0.1, 0.15) is 37.0 Å². The van der Waals surface area contributed by atoms with Crippen molar-refractivity contribution in [2.45, 2.75) is 39.3 Å². The molecule has 0 spiro atoms. The van der Waals surface area contributed by atoms with Gasteiger partial charge in [-0.15, -0.1) is 0 Å². The van der Waals surface area contributed by atoms with Crippen LogP contribution in [0.2, 0.25) is 0 Å². The second-order valence-corrected chi connectivity index (χ2v) is 5.11. The highest BCUT2D eigenvalue weighted by atomic mass is 79.9. The van der Waals surface area contributed by atoms with E-state index in [2.05, 4.69) is 44.8 Å². The van der Waals surface area contributed by atoms with Gasteiger partial charge in [0, 0.05) is 31.6 Å². The summed E-state index contributed by atoms with van der Waals surface area (Å²) >= 11 is 3.63. The number of hydrogen-bond acceptors (Lipinski definition) is 4. The summed E-state index contributed by atoms with van der Waals surface area (Å²) < 4.78 is 3.07. The smallest absolute Gasteiger partial charge is 0.0766 e. The molecule has 0 aliphatic rings. The minimum Gasteiger partial charge on any atom is -0.322 e. The first-order chi connectivity index (χ1) is 9.17. The van der Waals surface area contributed by atoms with E-state index in [9.17, 15) is 0 Å². The van der Waals surface area contributed by atoms with Crippen molar-refractivity contribution in [1.29, 1.82) is 0 Å². The lowest BCUT2D eigenvalue weighted by Gasteiger charge is -2.12. The molecule has 0 saturated heterocycles. The number of hydrogen-bond donors (Lipinski definition) is 1. The first-order valence-electron chi connectivity index (χ1n) is 6.42. The molecule has 0 amide bonds. The largest absolute Gasteiger partial charge is 0.322 e. The van der Waals surface area contributed by atoms with Crippen LogP contribution in [0.3, 0.4) is 0 Å². The third-order valence-corrected chi connectivity index (χ3v) is 3.99. The Labute approximate surface area is 121 Å². The highest BCUT2D eigenvalue weighted by molar-refractivity contribution is 9.10. The molecule has 19 heavy (non-hydrogen) atoms. The zero-order valence-electron chi connectivity index (χ0n) is 11.2. The average molecular weight is 324 g/mol. The van der Waals surface area contributed by atoms with Crippen LogP contribution in [0, 0.1) is 0 Å². The molecule has 2 aromatic heterocycles. The molecule has 6 heteroatoms. The van der Waals surface area contributed by atoms with E-state index in [1.165, 1.54) is 0 Å². The van der Waals surface area contributed by atoms with Crippen LogP contribution in [-0.4, -0.2) is 19.7 Å². The Bertz CT molecular complexity index is 537. The van der Waals surface area contributed by atoms with E-state index < -0.39 is 0 Å². The topological polar surface area (TPSA) is 69.6 Å². The maximum Gasteiger partial charge on any atom is 0.0766 e. The molecule has 2 heterocycles. The maximum absolute atomic E-state index is 6.21. The van der Waals surface area contributed by atoms with Crippen LogP contribution in [0.4, 0.5) is 0 Å². The van der Waals surface area contributed by atoms with E-state index in [0.29, 0.717) is 6.42 Å². The Hall–Kier alpha value is -1.27. The van der Waals surface area contributed by atoms with Gasteiger partial charge in [0.15, 0.2) is 0 Å². The SMILES string of the molecule is CCc1nn(CC)c(CC(N)c2cnccn2)c1Br. The summed E-state index contributed by atoms with van der Waals surface area (Å²) in [5.41, 5.74) is 9.20. The summed E-state index contributed by atoms with van der Waals surface area (Å²) in [6.45, 7) is 5.01. The van der Waals surface area contributed by atoms with Crippen LogP contribution in [0.25, 0.3) is 0 Å². The number of halogens is 1. The van der Waals surface area contributed by atoms with Crippen LogP contribution in [0.15, 0.2) is 23.1 Å². The van der Waals surface area contributed by atoms with Crippen molar-refractivity contribution < 1.29 is 0 Å². The number of aromatic nitrogens is 4. The van der Waals surface area contributed by atoms with Gasteiger partial charge in [0.1, 0.15) is 0 Å². The van der Waals surface area contributed by atoms with Crippen LogP contribution in [-0.2, 0) is 19.4 Å². The lowest BCUT2D eigenvalue weighted by Crippen LogP contribution is -2.17. The van der Waals surface area contributed by atoms with Gasteiger partial charge in [0.25, 0.3) is 0 Å². The second-order valence-electron chi connectivity index (χ2n) is 4.32. The average Bonchev–Trinajstić information content (AvgIpc) is 2.76. The molecule has 2 aromatic rings. The lowest BCUT2D eigenvalue weighted by atomic mass is 10.1. The molecule has 0 bridgehead atoms. The molecule has 0 aliphatic carbocycles. The molecule has 1 unspecified atom stereocenters. The number of nitrogens with zero attached hydrogens (tertiary/aromatic N) is 4. The third-order valence-electron chi connectivity index (χ3n) is 3.07. The first-order valence-corrected chi connectivity index (χ1v) is 7.22. The predicted molar refractivity (Wildman–Crippen MR) is 77.6 cm³/mol. The molecule has 1 atom stereocenters. The Balaban J connectivity index is 2.26. The van der Waals surface area contributed by atoms with Crippen molar-refractivity contribution in [2.75, 3.05) is 0 Å². The molecule has 2 rings (SSSR count). The quantitative estimate of drug-likeness (QED) is 0.916. The van der Waals surface area contributed by atoms with Crippen molar-refractivity contribution in [3.63, 3.8) is 0 Å². The number of aryl methyl sites for hydroxylation is 2. The fourth-order valence-corrected chi connectivity index (χ4v) is 2.75. The Kier molecular flexibility index (Phi) is 4.66. The summed E-state index contributed by atoms with van der Waals surface area (Å²) in [4.78, 5) is 8.31. The molecular formula is C13H18BrN5. The van der Waals surface area contributed by atoms with E-state index in [4.69, 9.17) is 5.73 Å². The molecule has 0 radical (unpaired) electrons. The molecule has 2 N–H and O–H groups in total. The van der Waals surface area contributed by atoms with Crippen LogP contribution < -0.4 is 5.73 Å². The number of rotatable bonds is 5. The van der Waals surface area contributed by atoms with Crippen molar-refractivity contribution in [3.8, 4) is 0 Å². The summed E-state index contributed by atoms with van der Waals surface area (Å²) in [6.07, 6.45) is 6.63. The summed E-state index contributed by atoms with van der Waals surface area (Å²) in [7, 11) is 0. The molecular weight excluding hydrogens is 306 g/mol. The van der Waals surface area contributed by atoms with E-state index in [0.717, 1.165) is 34.5 Å². The van der Waals surface area contributed by atoms with Gasteiger partial charge >= 0.3 is 0 Å². The van der Waals surface area contributed by atoms with Crippen molar-refractivity contribution in [3.05, 3.63) is 40.1 Å². The minimum atomic E-state index is -0.170. The molecule has 5 nitrogen and oxygen atoms in total. The Morgan fingerprint density at radius 3 is 2.74 bits per heavy atom. The van der Waals surface area contributed by atoms with E-state index in [1.807, 2.05) is 4.68 Å². The zero-order valence-corrected chi connectivity index (χ0v) is 12.8. The fourth-order valence-electron chi connectivity index (χ4n) is 2.03. The zero-order chi connectivity index (χ0) is 13.8. The predicted octanol–water partition coefficient (Wildman–Crippen LogP) is 2.26. The normalized spacial score (nSPS) is 12.6. The Morgan fingerprint density at radius 2 is 2.16 bits per heavy atom. The third kappa shape index (κ3) is 3.01. The molecule has 0 aromatic carbocycles. The Morgan fingerprint density at radius 1 is 1.37 bits per heavy atom. The van der Waals surface area contributed by atoms with Gasteiger partial charge in [-0.1, -0.05) is 6.92 Å². The van der Waals surface area contributed by atoms with Gasteiger partial charge < -0.3 is 5.73 Å². The van der Waals surface area contributed by atoms with Crippen molar-refractivity contribution in [2.24, 2.45) is 5.73 Å². The summed E-state index contributed by atoms with van der Waals surface area (Å²) in [5, 5.41) is 4.57. The standard InChI is InChI=1S/C13H18BrN5/c1-3-10-13(14)12(19(4-2)18-10)7-9(15)11-8-16-5-6-17-11/h5-6,8-9H,3-4,7,15H2,1-2H3. The monoisotopic (exact) mass is 323 g/mol. The summed E-state index contributed by atoms with van der Waals surface area (Å²) in [6, 6.07) is -0.170. The maximum atomic E-state index is 6.21. The van der Waals surface area contributed by atoms with Gasteiger partial charge in [-0.25, -0.2) is 0 Å². The summed E-state index contributed by atoms with van der Waals surface area (Å²) in [5.74, 6) is 0. The fraction of sp³-hybridized carbons (Fsp3) is 0.462. The lowest BCUT2D eigenvalue weighted by molar-refractivity contribution is 0.578. The first kappa shape index (κ1) is 14.1. The second kappa shape index (κ2) is 6.25. The molecule has 0 aliphatic heterocycles. The van der Waals surface area contributed by atoms with Gasteiger partial charge in [-0.3, -0.25) is 14.6 Å².